The molecule has 0 amide bonds. The summed E-state index contributed by atoms with van der Waals surface area (Å²) in [6.07, 6.45) is 10.5. The van der Waals surface area contributed by atoms with E-state index in [1.54, 1.807) is 0 Å². The van der Waals surface area contributed by atoms with E-state index in [0.717, 1.165) is 63.8 Å². The number of aromatic nitrogens is 2. The van der Waals surface area contributed by atoms with Crippen molar-refractivity contribution in [3.8, 4) is 6.07 Å². The van der Waals surface area contributed by atoms with Gasteiger partial charge in [-0.05, 0) is 70.5 Å². The van der Waals surface area contributed by atoms with Gasteiger partial charge in [0.1, 0.15) is 17.7 Å². The molecule has 6 heteroatoms. The average Bonchev–Trinajstić information content (AvgIpc) is 2.98. The molecule has 1 atom stereocenters. The highest BCUT2D eigenvalue weighted by Crippen LogP contribution is 2.36. The van der Waals surface area contributed by atoms with Crippen molar-refractivity contribution in [2.45, 2.75) is 117 Å². The highest BCUT2D eigenvalue weighted by Gasteiger charge is 2.36. The van der Waals surface area contributed by atoms with Gasteiger partial charge in [-0.25, -0.2) is 4.98 Å². The summed E-state index contributed by atoms with van der Waals surface area (Å²) in [7, 11) is -1.69. The molecule has 1 aromatic rings. The number of imidazole rings is 1. The first kappa shape index (κ1) is 27.5. The van der Waals surface area contributed by atoms with Gasteiger partial charge in [0.15, 0.2) is 14.0 Å². The lowest BCUT2D eigenvalue weighted by molar-refractivity contribution is 0.272. The lowest BCUT2D eigenvalue weighted by Crippen LogP contribution is -2.40. The van der Waals surface area contributed by atoms with Crippen LogP contribution < -0.4 is 5.73 Å². The molecule has 5 nitrogen and oxygen atoms in total. The van der Waals surface area contributed by atoms with Crippen molar-refractivity contribution < 1.29 is 4.43 Å². The Morgan fingerprint density at radius 1 is 1.23 bits per heavy atom. The van der Waals surface area contributed by atoms with Crippen molar-refractivity contribution in [3.05, 3.63) is 23.2 Å². The molecule has 0 saturated heterocycles. The normalized spacial score (nSPS) is 13.1. The maximum Gasteiger partial charge on any atom is 0.191 e. The number of anilines is 1. The maximum absolute atomic E-state index is 9.47. The molecular weight excluding hydrogens is 400 g/mol. The average molecular weight is 447 g/mol. The van der Waals surface area contributed by atoms with Crippen molar-refractivity contribution >= 4 is 14.1 Å². The van der Waals surface area contributed by atoms with Crippen molar-refractivity contribution in [2.75, 3.05) is 12.3 Å². The number of hydrogen-bond donors (Lipinski definition) is 1. The Balaban J connectivity index is 2.90. The second-order valence-corrected chi connectivity index (χ2v) is 15.3. The zero-order chi connectivity index (χ0) is 23.7. The number of nitrogens with zero attached hydrogens (tertiary/aromatic N) is 3. The third-order valence-corrected chi connectivity index (χ3v) is 11.0. The Labute approximate surface area is 192 Å². The van der Waals surface area contributed by atoms with E-state index in [1.807, 2.05) is 0 Å². The van der Waals surface area contributed by atoms with Gasteiger partial charge in [-0.3, -0.25) is 0 Å². The van der Waals surface area contributed by atoms with Crippen molar-refractivity contribution in [3.63, 3.8) is 0 Å². The first-order valence-electron chi connectivity index (χ1n) is 12.0. The molecule has 0 aliphatic rings. The smallest absolute Gasteiger partial charge is 0.191 e. The maximum atomic E-state index is 9.47. The summed E-state index contributed by atoms with van der Waals surface area (Å²) in [6, 6.07) is 2.45. The lowest BCUT2D eigenvalue weighted by Gasteiger charge is -2.36. The zero-order valence-electron chi connectivity index (χ0n) is 21.3. The minimum absolute atomic E-state index is 0.243. The quantitative estimate of drug-likeness (QED) is 0.198. The van der Waals surface area contributed by atoms with Gasteiger partial charge in [0.05, 0.1) is 0 Å². The fraction of sp³-hybridized carbons (Fsp3) is 0.760. The molecule has 0 aromatic carbocycles. The van der Waals surface area contributed by atoms with Crippen LogP contribution in [-0.2, 0) is 10.8 Å². The van der Waals surface area contributed by atoms with E-state index in [-0.39, 0.29) is 11.1 Å². The van der Waals surface area contributed by atoms with Gasteiger partial charge in [-0.2, -0.15) is 5.26 Å². The van der Waals surface area contributed by atoms with Gasteiger partial charge < -0.3 is 14.7 Å². The van der Waals surface area contributed by atoms with Crippen molar-refractivity contribution in [2.24, 2.45) is 0 Å². The van der Waals surface area contributed by atoms with Crippen LogP contribution in [-0.4, -0.2) is 24.5 Å². The van der Waals surface area contributed by atoms with Gasteiger partial charge in [-0.15, -0.1) is 0 Å². The molecule has 0 aliphatic heterocycles. The van der Waals surface area contributed by atoms with Gasteiger partial charge in [0.25, 0.3) is 0 Å². The minimum atomic E-state index is -1.69. The topological polar surface area (TPSA) is 76.9 Å². The predicted octanol–water partition coefficient (Wildman–Crippen LogP) is 7.16. The third-order valence-electron chi connectivity index (χ3n) is 6.50. The van der Waals surface area contributed by atoms with Crippen LogP contribution in [0.25, 0.3) is 0 Å². The number of nitrogens with two attached hydrogens (primary N) is 1. The molecule has 1 heterocycles. The molecule has 1 aromatic heterocycles. The van der Waals surface area contributed by atoms with Crippen LogP contribution in [0, 0.1) is 11.3 Å². The van der Waals surface area contributed by atoms with Crippen LogP contribution in [0.4, 0.5) is 5.82 Å². The fourth-order valence-electron chi connectivity index (χ4n) is 3.49. The van der Waals surface area contributed by atoms with Gasteiger partial charge in [0.2, 0.25) is 0 Å². The number of nitrogen functional groups attached to an aromatic ring is 1. The summed E-state index contributed by atoms with van der Waals surface area (Å²) < 4.78 is 8.53. The summed E-state index contributed by atoms with van der Waals surface area (Å²) in [5, 5.41) is 9.72. The van der Waals surface area contributed by atoms with Crippen LogP contribution in [0.3, 0.4) is 0 Å². The van der Waals surface area contributed by atoms with E-state index < -0.39 is 8.32 Å². The molecule has 0 aliphatic carbocycles. The Hall–Kier alpha value is -1.58. The first-order valence-corrected chi connectivity index (χ1v) is 14.9. The fourth-order valence-corrected chi connectivity index (χ4v) is 4.57. The van der Waals surface area contributed by atoms with Crippen LogP contribution in [0.5, 0.6) is 0 Å². The van der Waals surface area contributed by atoms with Gasteiger partial charge in [-0.1, -0.05) is 45.8 Å². The van der Waals surface area contributed by atoms with Gasteiger partial charge in [0, 0.05) is 19.1 Å². The molecule has 0 saturated carbocycles. The highest BCUT2D eigenvalue weighted by molar-refractivity contribution is 6.74. The molecule has 31 heavy (non-hydrogen) atoms. The number of aryl methyl sites for hydroxylation is 1. The van der Waals surface area contributed by atoms with E-state index in [9.17, 15) is 5.26 Å². The second kappa shape index (κ2) is 12.5. The molecule has 1 unspecified atom stereocenters. The minimum Gasteiger partial charge on any atom is -0.417 e. The Bertz CT molecular complexity index is 749. The van der Waals surface area contributed by atoms with Crippen molar-refractivity contribution in [1.82, 2.24) is 9.55 Å². The standard InChI is InChI=1S/C25H46N4OSi/c1-9-10-17-23-28-22(19-26)24(27)29(23)21(16-13-14-20(2)3)15-11-12-18-30-31(7,8)25(4,5)6/h14,21H,9-13,15-18,27H2,1-8H3. The molecule has 0 fully saturated rings. The lowest BCUT2D eigenvalue weighted by atomic mass is 10.0. The Morgan fingerprint density at radius 3 is 2.45 bits per heavy atom. The third kappa shape index (κ3) is 8.46. The number of nitriles is 1. The second-order valence-electron chi connectivity index (χ2n) is 10.5. The van der Waals surface area contributed by atoms with Crippen LogP contribution >= 0.6 is 0 Å². The number of allylic oxidation sites excluding steroid dienone is 2. The molecule has 0 bridgehead atoms. The Kier molecular flexibility index (Phi) is 11.0. The van der Waals surface area contributed by atoms with Gasteiger partial charge >= 0.3 is 0 Å². The largest absolute Gasteiger partial charge is 0.417 e. The van der Waals surface area contributed by atoms with Crippen LogP contribution in [0.1, 0.15) is 104 Å². The van der Waals surface area contributed by atoms with E-state index >= 15 is 0 Å². The zero-order valence-corrected chi connectivity index (χ0v) is 22.3. The summed E-state index contributed by atoms with van der Waals surface area (Å²) in [5.41, 5.74) is 8.11. The molecular formula is C25H46N4OSi. The summed E-state index contributed by atoms with van der Waals surface area (Å²) in [6.45, 7) is 18.7. The molecule has 0 radical (unpaired) electrons. The molecule has 0 spiro atoms. The highest BCUT2D eigenvalue weighted by atomic mass is 28.4. The summed E-state index contributed by atoms with van der Waals surface area (Å²) >= 11 is 0. The SMILES string of the molecule is CCCCc1nc(C#N)c(N)n1C(CCC=C(C)C)CCCCO[Si](C)(C)C(C)(C)C. The Morgan fingerprint density at radius 2 is 1.90 bits per heavy atom. The predicted molar refractivity (Wildman–Crippen MR) is 135 cm³/mol. The van der Waals surface area contributed by atoms with Crippen molar-refractivity contribution in [1.29, 1.82) is 5.26 Å². The van der Waals surface area contributed by atoms with Crippen LogP contribution in [0.2, 0.25) is 18.1 Å². The van der Waals surface area contributed by atoms with E-state index in [2.05, 4.69) is 76.3 Å². The van der Waals surface area contributed by atoms with E-state index in [4.69, 9.17) is 10.2 Å². The number of hydrogen-bond acceptors (Lipinski definition) is 4. The number of unbranched alkanes of at least 4 members (excludes halogenated alkanes) is 2. The summed E-state index contributed by atoms with van der Waals surface area (Å²) in [5.74, 6) is 1.50. The molecule has 176 valence electrons. The van der Waals surface area contributed by atoms with Crippen LogP contribution in [0.15, 0.2) is 11.6 Å². The molecule has 1 rings (SSSR count). The monoisotopic (exact) mass is 446 g/mol. The van der Waals surface area contributed by atoms with E-state index in [0.29, 0.717) is 11.5 Å². The number of rotatable bonds is 13. The first-order chi connectivity index (χ1) is 14.4. The molecule has 2 N–H and O–H groups in total. The van der Waals surface area contributed by atoms with E-state index in [1.165, 1.54) is 5.57 Å². The summed E-state index contributed by atoms with van der Waals surface area (Å²) in [4.78, 5) is 4.58.